The van der Waals surface area contributed by atoms with Crippen molar-refractivity contribution in [1.82, 2.24) is 0 Å². The lowest BCUT2D eigenvalue weighted by molar-refractivity contribution is -0.141. The largest absolute Gasteiger partial charge is 0.494 e. The first-order valence-corrected chi connectivity index (χ1v) is 14.4. The summed E-state index contributed by atoms with van der Waals surface area (Å²) in [7, 11) is -1.64. The zero-order chi connectivity index (χ0) is 27.8. The first-order valence-electron chi connectivity index (χ1n) is 12.4. The zero-order valence-electron chi connectivity index (χ0n) is 21.7. The Balaban J connectivity index is 1.34. The van der Waals surface area contributed by atoms with Crippen LogP contribution in [0.4, 0.5) is 4.39 Å². The second kappa shape index (κ2) is 12.7. The van der Waals surface area contributed by atoms with Gasteiger partial charge in [0.25, 0.3) is 0 Å². The molecule has 7 nitrogen and oxygen atoms in total. The van der Waals surface area contributed by atoms with E-state index in [1.165, 1.54) is 19.4 Å². The van der Waals surface area contributed by atoms with Gasteiger partial charge in [0.2, 0.25) is 0 Å². The van der Waals surface area contributed by atoms with Gasteiger partial charge < -0.3 is 18.9 Å². The topological polar surface area (TPSA) is 88.1 Å². The fourth-order valence-electron chi connectivity index (χ4n) is 4.01. The van der Waals surface area contributed by atoms with Crippen LogP contribution in [0.5, 0.6) is 17.2 Å². The number of esters is 1. The first kappa shape index (κ1) is 28.0. The molecule has 0 bridgehead atoms. The Bertz CT molecular complexity index is 1490. The summed E-state index contributed by atoms with van der Waals surface area (Å²) in [4.78, 5) is 11.6. The highest BCUT2D eigenvalue weighted by Crippen LogP contribution is 2.38. The van der Waals surface area contributed by atoms with Crippen LogP contribution in [0.25, 0.3) is 0 Å². The van der Waals surface area contributed by atoms with Crippen LogP contribution in [-0.2, 0) is 26.0 Å². The van der Waals surface area contributed by atoms with Crippen molar-refractivity contribution in [2.75, 3.05) is 32.3 Å². The molecule has 9 heteroatoms. The van der Waals surface area contributed by atoms with Crippen LogP contribution < -0.4 is 14.2 Å². The van der Waals surface area contributed by atoms with E-state index in [0.29, 0.717) is 48.0 Å². The molecule has 0 saturated heterocycles. The Morgan fingerprint density at radius 3 is 2.46 bits per heavy atom. The predicted octanol–water partition coefficient (Wildman–Crippen LogP) is 4.66. The summed E-state index contributed by atoms with van der Waals surface area (Å²) in [6.07, 6.45) is 1.87. The highest BCUT2D eigenvalue weighted by Gasteiger charge is 2.27. The van der Waals surface area contributed by atoms with E-state index < -0.39 is 15.7 Å². The van der Waals surface area contributed by atoms with E-state index in [9.17, 15) is 17.6 Å². The van der Waals surface area contributed by atoms with Crippen molar-refractivity contribution in [3.63, 3.8) is 0 Å². The van der Waals surface area contributed by atoms with Gasteiger partial charge in [0.1, 0.15) is 39.5 Å². The number of fused-ring (bicyclic) bond motifs is 1. The molecule has 204 valence electrons. The molecule has 0 radical (unpaired) electrons. The lowest BCUT2D eigenvalue weighted by Crippen LogP contribution is -2.09. The summed E-state index contributed by atoms with van der Waals surface area (Å²) >= 11 is 0. The number of sulfone groups is 1. The SMILES string of the molecule is COC(=O)CC1COc2cc(OCc3cc(C#Cc4ccc(OCCCS(C)(=O)=O)cc4)ccc3F)ccc21. The standard InChI is InChI=1S/C30H29FO7S/c1-35-30(32)17-23-19-38-29-18-26(11-12-27(23)29)37-20-24-16-22(8-13-28(24)31)5-4-21-6-9-25(10-7-21)36-14-3-15-39(2,33)34/h6-13,16,18,23H,3,14-15,17,19-20H2,1-2H3. The molecule has 1 atom stereocenters. The lowest BCUT2D eigenvalue weighted by atomic mass is 9.98. The fraction of sp³-hybridized carbons (Fsp3) is 0.300. The number of hydrogen-bond acceptors (Lipinski definition) is 7. The van der Waals surface area contributed by atoms with Crippen molar-refractivity contribution in [1.29, 1.82) is 0 Å². The summed E-state index contributed by atoms with van der Waals surface area (Å²) in [6, 6.07) is 17.1. The van der Waals surface area contributed by atoms with Gasteiger partial charge in [-0.3, -0.25) is 4.79 Å². The van der Waals surface area contributed by atoms with E-state index in [4.69, 9.17) is 18.9 Å². The van der Waals surface area contributed by atoms with E-state index >= 15 is 0 Å². The highest BCUT2D eigenvalue weighted by molar-refractivity contribution is 7.90. The minimum absolute atomic E-state index is 0.0110. The minimum atomic E-state index is -3.00. The molecular formula is C30H29FO7S. The molecule has 0 aliphatic carbocycles. The van der Waals surface area contributed by atoms with Crippen molar-refractivity contribution in [3.05, 3.63) is 88.7 Å². The fourth-order valence-corrected chi connectivity index (χ4v) is 4.66. The third kappa shape index (κ3) is 8.23. The summed E-state index contributed by atoms with van der Waals surface area (Å²) in [6.45, 7) is 0.717. The van der Waals surface area contributed by atoms with Gasteiger partial charge in [-0.25, -0.2) is 12.8 Å². The van der Waals surface area contributed by atoms with Crippen LogP contribution in [0.15, 0.2) is 60.7 Å². The van der Waals surface area contributed by atoms with Gasteiger partial charge in [0.05, 0.1) is 32.5 Å². The monoisotopic (exact) mass is 552 g/mol. The molecule has 4 rings (SSSR count). The average Bonchev–Trinajstić information content (AvgIpc) is 3.31. The molecule has 1 aliphatic rings. The number of halogens is 1. The normalized spacial score (nSPS) is 14.0. The van der Waals surface area contributed by atoms with E-state index in [1.807, 2.05) is 6.07 Å². The van der Waals surface area contributed by atoms with Crippen LogP contribution in [-0.4, -0.2) is 46.7 Å². The molecule has 0 aromatic heterocycles. The summed E-state index contributed by atoms with van der Waals surface area (Å²) < 4.78 is 58.7. The summed E-state index contributed by atoms with van der Waals surface area (Å²) in [5.41, 5.74) is 2.68. The number of benzene rings is 3. The van der Waals surface area contributed by atoms with Crippen molar-refractivity contribution in [2.24, 2.45) is 0 Å². The van der Waals surface area contributed by atoms with Gasteiger partial charge in [-0.15, -0.1) is 0 Å². The van der Waals surface area contributed by atoms with Gasteiger partial charge in [-0.05, 0) is 55.0 Å². The van der Waals surface area contributed by atoms with Crippen LogP contribution in [0.2, 0.25) is 0 Å². The van der Waals surface area contributed by atoms with Crippen molar-refractivity contribution in [2.45, 2.75) is 25.4 Å². The summed E-state index contributed by atoms with van der Waals surface area (Å²) in [5, 5.41) is 0. The van der Waals surface area contributed by atoms with E-state index in [0.717, 1.165) is 11.1 Å². The van der Waals surface area contributed by atoms with Crippen molar-refractivity contribution in [3.8, 4) is 29.1 Å². The first-order chi connectivity index (χ1) is 18.7. The highest BCUT2D eigenvalue weighted by atomic mass is 32.2. The molecule has 0 saturated carbocycles. The molecule has 0 N–H and O–H groups in total. The molecule has 1 unspecified atom stereocenters. The molecular weight excluding hydrogens is 523 g/mol. The van der Waals surface area contributed by atoms with Gasteiger partial charge in [-0.1, -0.05) is 17.9 Å². The average molecular weight is 553 g/mol. The maximum atomic E-state index is 14.5. The molecule has 0 amide bonds. The second-order valence-electron chi connectivity index (χ2n) is 9.19. The number of rotatable bonds is 10. The number of carbonyl (C=O) groups is 1. The lowest BCUT2D eigenvalue weighted by Gasteiger charge is -2.10. The molecule has 3 aromatic rings. The van der Waals surface area contributed by atoms with E-state index in [-0.39, 0.29) is 30.7 Å². The van der Waals surface area contributed by atoms with Crippen LogP contribution in [0.3, 0.4) is 0 Å². The predicted molar refractivity (Wildman–Crippen MR) is 144 cm³/mol. The molecule has 0 spiro atoms. The Morgan fingerprint density at radius 2 is 1.72 bits per heavy atom. The van der Waals surface area contributed by atoms with E-state index in [2.05, 4.69) is 11.8 Å². The molecule has 0 fully saturated rings. The summed E-state index contributed by atoms with van der Waals surface area (Å²) in [5.74, 6) is 7.22. The zero-order valence-corrected chi connectivity index (χ0v) is 22.6. The third-order valence-corrected chi connectivity index (χ3v) is 7.11. The maximum Gasteiger partial charge on any atom is 0.306 e. The molecule has 3 aromatic carbocycles. The Hall–Kier alpha value is -4.03. The van der Waals surface area contributed by atoms with Crippen molar-refractivity contribution < 1.29 is 36.6 Å². The van der Waals surface area contributed by atoms with Gasteiger partial charge >= 0.3 is 5.97 Å². The smallest absolute Gasteiger partial charge is 0.306 e. The maximum absolute atomic E-state index is 14.5. The van der Waals surface area contributed by atoms with Gasteiger partial charge in [-0.2, -0.15) is 0 Å². The van der Waals surface area contributed by atoms with Crippen LogP contribution in [0, 0.1) is 17.7 Å². The Labute approximate surface area is 227 Å². The molecule has 1 aliphatic heterocycles. The second-order valence-corrected chi connectivity index (χ2v) is 11.4. The van der Waals surface area contributed by atoms with Gasteiger partial charge in [0, 0.05) is 40.5 Å². The number of carbonyl (C=O) groups excluding carboxylic acids is 1. The van der Waals surface area contributed by atoms with Crippen molar-refractivity contribution >= 4 is 15.8 Å². The minimum Gasteiger partial charge on any atom is -0.494 e. The quantitative estimate of drug-likeness (QED) is 0.205. The number of ether oxygens (including phenoxy) is 4. The Kier molecular flexibility index (Phi) is 9.10. The number of methoxy groups -OCH3 is 1. The third-order valence-electron chi connectivity index (χ3n) is 6.08. The van der Waals surface area contributed by atoms with Crippen LogP contribution in [0.1, 0.15) is 41.0 Å². The van der Waals surface area contributed by atoms with E-state index in [1.54, 1.807) is 48.5 Å². The molecule has 1 heterocycles. The molecule has 39 heavy (non-hydrogen) atoms. The van der Waals surface area contributed by atoms with Crippen LogP contribution >= 0.6 is 0 Å². The number of hydrogen-bond donors (Lipinski definition) is 0. The Morgan fingerprint density at radius 1 is 1.00 bits per heavy atom. The van der Waals surface area contributed by atoms with Gasteiger partial charge in [0.15, 0.2) is 0 Å².